The zero-order chi connectivity index (χ0) is 11.4. The van der Waals surface area contributed by atoms with Crippen molar-refractivity contribution < 1.29 is 9.53 Å². The van der Waals surface area contributed by atoms with E-state index in [4.69, 9.17) is 16.3 Å². The van der Waals surface area contributed by atoms with E-state index in [9.17, 15) is 4.79 Å². The second-order valence-corrected chi connectivity index (χ2v) is 4.31. The summed E-state index contributed by atoms with van der Waals surface area (Å²) in [5.41, 5.74) is 0.578. The lowest BCUT2D eigenvalue weighted by atomic mass is 10.3. The fourth-order valence-corrected chi connectivity index (χ4v) is 1.65. The summed E-state index contributed by atoms with van der Waals surface area (Å²) in [5, 5.41) is 3.16. The van der Waals surface area contributed by atoms with Crippen molar-refractivity contribution in [2.75, 3.05) is 12.4 Å². The molecule has 0 heterocycles. The van der Waals surface area contributed by atoms with Gasteiger partial charge in [0, 0.05) is 11.6 Å². The van der Waals surface area contributed by atoms with Crippen LogP contribution in [0.1, 0.15) is 6.92 Å². The first-order valence-electron chi connectivity index (χ1n) is 4.33. The summed E-state index contributed by atoms with van der Waals surface area (Å²) >= 11 is 9.22. The first-order valence-corrected chi connectivity index (χ1v) is 5.50. The summed E-state index contributed by atoms with van der Waals surface area (Å²) in [4.78, 5) is 11.5. The highest BCUT2D eigenvalue weighted by atomic mass is 79.9. The molecule has 82 valence electrons. The molecule has 0 spiro atoms. The number of amides is 1. The van der Waals surface area contributed by atoms with Crippen LogP contribution in [0, 0.1) is 0 Å². The van der Waals surface area contributed by atoms with E-state index >= 15 is 0 Å². The van der Waals surface area contributed by atoms with Crippen molar-refractivity contribution >= 4 is 39.1 Å². The maximum Gasteiger partial charge on any atom is 0.253 e. The number of halogens is 2. The van der Waals surface area contributed by atoms with Gasteiger partial charge in [0.05, 0.1) is 10.7 Å². The van der Waals surface area contributed by atoms with Crippen molar-refractivity contribution in [2.24, 2.45) is 0 Å². The molecule has 0 aliphatic carbocycles. The van der Waals surface area contributed by atoms with Crippen LogP contribution in [0.25, 0.3) is 0 Å². The van der Waals surface area contributed by atoms with Crippen molar-refractivity contribution in [3.05, 3.63) is 27.7 Å². The number of nitrogens with one attached hydrogen (secondary N) is 1. The highest BCUT2D eigenvalue weighted by Crippen LogP contribution is 2.25. The predicted molar refractivity (Wildman–Crippen MR) is 64.3 cm³/mol. The van der Waals surface area contributed by atoms with Gasteiger partial charge in [-0.2, -0.15) is 0 Å². The van der Waals surface area contributed by atoms with Crippen LogP contribution < -0.4 is 5.32 Å². The molecule has 1 aromatic carbocycles. The van der Waals surface area contributed by atoms with Gasteiger partial charge in [-0.1, -0.05) is 27.5 Å². The van der Waals surface area contributed by atoms with E-state index in [2.05, 4.69) is 21.2 Å². The summed E-state index contributed by atoms with van der Waals surface area (Å²) in [6.07, 6.45) is -0.496. The van der Waals surface area contributed by atoms with E-state index in [1.165, 1.54) is 7.11 Å². The lowest BCUT2D eigenvalue weighted by molar-refractivity contribution is -0.124. The third kappa shape index (κ3) is 3.48. The van der Waals surface area contributed by atoms with Crippen molar-refractivity contribution in [2.45, 2.75) is 13.0 Å². The third-order valence-corrected chi connectivity index (χ3v) is 2.72. The Morgan fingerprint density at radius 1 is 1.60 bits per heavy atom. The lowest BCUT2D eigenvalue weighted by Crippen LogP contribution is -2.26. The van der Waals surface area contributed by atoms with Crippen LogP contribution in [0.15, 0.2) is 22.7 Å². The highest BCUT2D eigenvalue weighted by Gasteiger charge is 2.12. The molecule has 3 nitrogen and oxygen atoms in total. The Balaban J connectivity index is 2.77. The summed E-state index contributed by atoms with van der Waals surface area (Å²) in [7, 11) is 1.48. The Labute approximate surface area is 102 Å². The number of carbonyl (C=O) groups excluding carboxylic acids is 1. The summed E-state index contributed by atoms with van der Waals surface area (Å²) in [5.74, 6) is -0.221. The predicted octanol–water partition coefficient (Wildman–Crippen LogP) is 3.08. The van der Waals surface area contributed by atoms with Crippen LogP contribution in [0.4, 0.5) is 5.69 Å². The van der Waals surface area contributed by atoms with Crippen LogP contribution in [-0.4, -0.2) is 19.1 Å². The molecule has 1 N–H and O–H groups in total. The minimum atomic E-state index is -0.496. The first kappa shape index (κ1) is 12.5. The van der Waals surface area contributed by atoms with E-state index in [1.54, 1.807) is 25.1 Å². The van der Waals surface area contributed by atoms with Gasteiger partial charge in [-0.25, -0.2) is 0 Å². The summed E-state index contributed by atoms with van der Waals surface area (Å²) < 4.78 is 5.75. The number of hydrogen-bond acceptors (Lipinski definition) is 2. The van der Waals surface area contributed by atoms with Crippen molar-refractivity contribution in [1.82, 2.24) is 0 Å². The number of hydrogen-bond donors (Lipinski definition) is 1. The largest absolute Gasteiger partial charge is 0.372 e. The second kappa shape index (κ2) is 5.49. The third-order valence-electron chi connectivity index (χ3n) is 1.91. The number of ether oxygens (including phenoxy) is 1. The summed E-state index contributed by atoms with van der Waals surface area (Å²) in [6, 6.07) is 5.25. The fraction of sp³-hybridized carbons (Fsp3) is 0.300. The molecule has 0 fully saturated rings. The van der Waals surface area contributed by atoms with Gasteiger partial charge in [0.1, 0.15) is 6.10 Å². The number of carbonyl (C=O) groups is 1. The summed E-state index contributed by atoms with van der Waals surface area (Å²) in [6.45, 7) is 1.67. The Kier molecular flexibility index (Phi) is 4.57. The van der Waals surface area contributed by atoms with Gasteiger partial charge in [-0.15, -0.1) is 0 Å². The molecule has 0 radical (unpaired) electrons. The normalized spacial score (nSPS) is 12.3. The SMILES string of the molecule is COC(C)C(=O)Nc1ccc(Br)cc1Cl. The van der Waals surface area contributed by atoms with Crippen molar-refractivity contribution in [3.63, 3.8) is 0 Å². The van der Waals surface area contributed by atoms with Gasteiger partial charge in [-0.05, 0) is 25.1 Å². The Hall–Kier alpha value is -0.580. The Bertz CT molecular complexity index is 370. The first-order chi connectivity index (χ1) is 7.04. The maximum absolute atomic E-state index is 11.5. The molecule has 0 saturated heterocycles. The molecular formula is C10H11BrClNO2. The molecule has 0 aliphatic heterocycles. The molecule has 1 atom stereocenters. The number of rotatable bonds is 3. The van der Waals surface area contributed by atoms with Crippen molar-refractivity contribution in [1.29, 1.82) is 0 Å². The molecule has 0 aliphatic rings. The molecular weight excluding hydrogens is 281 g/mol. The van der Waals surface area contributed by atoms with Crippen molar-refractivity contribution in [3.8, 4) is 0 Å². The zero-order valence-electron chi connectivity index (χ0n) is 8.38. The zero-order valence-corrected chi connectivity index (χ0v) is 10.7. The van der Waals surface area contributed by atoms with Gasteiger partial charge in [0.25, 0.3) is 5.91 Å². The van der Waals surface area contributed by atoms with E-state index in [0.717, 1.165) is 4.47 Å². The minimum absolute atomic E-state index is 0.221. The van der Waals surface area contributed by atoms with Gasteiger partial charge < -0.3 is 10.1 Å². The highest BCUT2D eigenvalue weighted by molar-refractivity contribution is 9.10. The van der Waals surface area contributed by atoms with Crippen LogP contribution >= 0.6 is 27.5 Å². The van der Waals surface area contributed by atoms with E-state index in [-0.39, 0.29) is 5.91 Å². The van der Waals surface area contributed by atoms with Crippen LogP contribution in [-0.2, 0) is 9.53 Å². The topological polar surface area (TPSA) is 38.3 Å². The molecule has 1 unspecified atom stereocenters. The van der Waals surface area contributed by atoms with E-state index in [0.29, 0.717) is 10.7 Å². The molecule has 0 bridgehead atoms. The smallest absolute Gasteiger partial charge is 0.253 e. The molecule has 0 saturated carbocycles. The van der Waals surface area contributed by atoms with E-state index in [1.807, 2.05) is 0 Å². The Morgan fingerprint density at radius 2 is 2.27 bits per heavy atom. The molecule has 5 heteroatoms. The Morgan fingerprint density at radius 3 is 2.80 bits per heavy atom. The maximum atomic E-state index is 11.5. The second-order valence-electron chi connectivity index (χ2n) is 2.99. The number of benzene rings is 1. The standard InChI is InChI=1S/C10H11BrClNO2/c1-6(15-2)10(14)13-9-4-3-7(11)5-8(9)12/h3-6H,1-2H3,(H,13,14). The fourth-order valence-electron chi connectivity index (χ4n) is 0.932. The lowest BCUT2D eigenvalue weighted by Gasteiger charge is -2.11. The van der Waals surface area contributed by atoms with Gasteiger partial charge in [0.2, 0.25) is 0 Å². The molecule has 1 aromatic rings. The van der Waals surface area contributed by atoms with Gasteiger partial charge in [0.15, 0.2) is 0 Å². The van der Waals surface area contributed by atoms with Crippen LogP contribution in [0.3, 0.4) is 0 Å². The van der Waals surface area contributed by atoms with Gasteiger partial charge >= 0.3 is 0 Å². The molecule has 1 amide bonds. The molecule has 0 aromatic heterocycles. The molecule has 15 heavy (non-hydrogen) atoms. The van der Waals surface area contributed by atoms with Gasteiger partial charge in [-0.3, -0.25) is 4.79 Å². The number of methoxy groups -OCH3 is 1. The monoisotopic (exact) mass is 291 g/mol. The average molecular weight is 293 g/mol. The minimum Gasteiger partial charge on any atom is -0.372 e. The van der Waals surface area contributed by atoms with Crippen LogP contribution in [0.2, 0.25) is 5.02 Å². The quantitative estimate of drug-likeness (QED) is 0.930. The number of anilines is 1. The van der Waals surface area contributed by atoms with Crippen LogP contribution in [0.5, 0.6) is 0 Å². The molecule has 1 rings (SSSR count). The average Bonchev–Trinajstić information content (AvgIpc) is 2.20. The van der Waals surface area contributed by atoms with E-state index < -0.39 is 6.10 Å².